The number of carbonyl (C=O) groups is 2. The first kappa shape index (κ1) is 15.9. The molecule has 1 aromatic rings. The van der Waals surface area contributed by atoms with Gasteiger partial charge in [-0.25, -0.2) is 0 Å². The number of nitrogens with one attached hydrogen (secondary N) is 2. The summed E-state index contributed by atoms with van der Waals surface area (Å²) in [6.45, 7) is 0.656. The third kappa shape index (κ3) is 6.17. The molecular formula is C13H19N3O4. The Hall–Kier alpha value is -2.12. The second-order valence-corrected chi connectivity index (χ2v) is 3.90. The van der Waals surface area contributed by atoms with E-state index in [0.717, 1.165) is 0 Å². The van der Waals surface area contributed by atoms with E-state index in [4.69, 9.17) is 15.2 Å². The lowest BCUT2D eigenvalue weighted by Crippen LogP contribution is -2.36. The van der Waals surface area contributed by atoms with Gasteiger partial charge in [-0.05, 0) is 12.1 Å². The molecule has 0 aromatic heterocycles. The topological polar surface area (TPSA) is 103 Å². The first-order valence-corrected chi connectivity index (χ1v) is 6.14. The summed E-state index contributed by atoms with van der Waals surface area (Å²) in [6, 6.07) is 6.96. The minimum atomic E-state index is -0.378. The van der Waals surface area contributed by atoms with Crippen molar-refractivity contribution in [1.29, 1.82) is 0 Å². The minimum Gasteiger partial charge on any atom is -0.491 e. The Balaban J connectivity index is 2.44. The van der Waals surface area contributed by atoms with Crippen molar-refractivity contribution in [1.82, 2.24) is 5.32 Å². The van der Waals surface area contributed by atoms with Gasteiger partial charge in [-0.3, -0.25) is 9.59 Å². The van der Waals surface area contributed by atoms with Gasteiger partial charge >= 0.3 is 0 Å². The van der Waals surface area contributed by atoms with Crippen LogP contribution < -0.4 is 21.1 Å². The van der Waals surface area contributed by atoms with Gasteiger partial charge in [0.1, 0.15) is 12.4 Å². The predicted molar refractivity (Wildman–Crippen MR) is 74.5 cm³/mol. The zero-order valence-corrected chi connectivity index (χ0v) is 11.3. The Morgan fingerprint density at radius 1 is 1.25 bits per heavy atom. The van der Waals surface area contributed by atoms with Gasteiger partial charge in [-0.15, -0.1) is 0 Å². The molecule has 0 saturated carbocycles. The third-order valence-electron chi connectivity index (χ3n) is 2.31. The maximum atomic E-state index is 11.6. The predicted octanol–water partition coefficient (Wildman–Crippen LogP) is -0.275. The van der Waals surface area contributed by atoms with Gasteiger partial charge in [0.25, 0.3) is 0 Å². The van der Waals surface area contributed by atoms with Crippen molar-refractivity contribution in [3.8, 4) is 5.75 Å². The molecule has 0 fully saturated rings. The molecular weight excluding hydrogens is 262 g/mol. The lowest BCUT2D eigenvalue weighted by Gasteiger charge is -2.09. The molecule has 0 saturated heterocycles. The molecule has 1 aromatic carbocycles. The summed E-state index contributed by atoms with van der Waals surface area (Å²) in [7, 11) is 1.59. The number of hydrogen-bond acceptors (Lipinski definition) is 5. The van der Waals surface area contributed by atoms with Crippen LogP contribution in [0.4, 0.5) is 5.69 Å². The van der Waals surface area contributed by atoms with Crippen LogP contribution in [-0.4, -0.2) is 45.2 Å². The average molecular weight is 281 g/mol. The molecule has 2 amide bonds. The lowest BCUT2D eigenvalue weighted by atomic mass is 10.3. The van der Waals surface area contributed by atoms with E-state index in [-0.39, 0.29) is 24.9 Å². The Morgan fingerprint density at radius 2 is 2.05 bits per heavy atom. The van der Waals surface area contributed by atoms with Crippen LogP contribution in [0.15, 0.2) is 24.3 Å². The fraction of sp³-hybridized carbons (Fsp3) is 0.385. The van der Waals surface area contributed by atoms with E-state index in [1.165, 1.54) is 0 Å². The van der Waals surface area contributed by atoms with Crippen molar-refractivity contribution >= 4 is 17.5 Å². The SMILES string of the molecule is COCCOc1cccc(NC(=O)CNC(=O)CN)c1. The molecule has 20 heavy (non-hydrogen) atoms. The Bertz CT molecular complexity index is 451. The number of rotatable bonds is 8. The van der Waals surface area contributed by atoms with E-state index in [9.17, 15) is 9.59 Å². The number of benzene rings is 1. The van der Waals surface area contributed by atoms with Crippen molar-refractivity contribution in [2.45, 2.75) is 0 Å². The van der Waals surface area contributed by atoms with Gasteiger partial charge < -0.3 is 25.8 Å². The smallest absolute Gasteiger partial charge is 0.243 e. The zero-order valence-electron chi connectivity index (χ0n) is 11.3. The van der Waals surface area contributed by atoms with Gasteiger partial charge in [0.15, 0.2) is 0 Å². The number of ether oxygens (including phenoxy) is 2. The number of anilines is 1. The highest BCUT2D eigenvalue weighted by Crippen LogP contribution is 2.17. The van der Waals surface area contributed by atoms with Crippen LogP contribution in [0.3, 0.4) is 0 Å². The number of amides is 2. The quantitative estimate of drug-likeness (QED) is 0.569. The van der Waals surface area contributed by atoms with Crippen molar-refractivity contribution in [3.05, 3.63) is 24.3 Å². The van der Waals surface area contributed by atoms with Crippen LogP contribution in [0.5, 0.6) is 5.75 Å². The molecule has 0 heterocycles. The van der Waals surface area contributed by atoms with E-state index in [0.29, 0.717) is 24.7 Å². The maximum Gasteiger partial charge on any atom is 0.243 e. The molecule has 0 unspecified atom stereocenters. The molecule has 110 valence electrons. The van der Waals surface area contributed by atoms with Crippen molar-refractivity contribution in [2.75, 3.05) is 38.7 Å². The van der Waals surface area contributed by atoms with Gasteiger partial charge in [0.2, 0.25) is 11.8 Å². The van der Waals surface area contributed by atoms with E-state index in [1.54, 1.807) is 31.4 Å². The van der Waals surface area contributed by atoms with Crippen LogP contribution in [0.1, 0.15) is 0 Å². The Labute approximate surface area is 117 Å². The van der Waals surface area contributed by atoms with Crippen molar-refractivity contribution < 1.29 is 19.1 Å². The molecule has 1 rings (SSSR count). The summed E-state index contributed by atoms with van der Waals surface area (Å²) >= 11 is 0. The highest BCUT2D eigenvalue weighted by molar-refractivity contribution is 5.94. The molecule has 0 radical (unpaired) electrons. The minimum absolute atomic E-state index is 0.120. The highest BCUT2D eigenvalue weighted by Gasteiger charge is 2.05. The molecule has 0 bridgehead atoms. The summed E-state index contributed by atoms with van der Waals surface area (Å²) < 4.78 is 10.3. The molecule has 4 N–H and O–H groups in total. The van der Waals surface area contributed by atoms with E-state index in [1.807, 2.05) is 0 Å². The summed E-state index contributed by atoms with van der Waals surface area (Å²) in [6.07, 6.45) is 0. The van der Waals surface area contributed by atoms with Crippen LogP contribution in [0.2, 0.25) is 0 Å². The zero-order chi connectivity index (χ0) is 14.8. The third-order valence-corrected chi connectivity index (χ3v) is 2.31. The number of methoxy groups -OCH3 is 1. The van der Waals surface area contributed by atoms with E-state index < -0.39 is 0 Å². The molecule has 0 aliphatic rings. The van der Waals surface area contributed by atoms with E-state index >= 15 is 0 Å². The average Bonchev–Trinajstić information content (AvgIpc) is 2.45. The van der Waals surface area contributed by atoms with Crippen molar-refractivity contribution in [3.63, 3.8) is 0 Å². The molecule has 0 atom stereocenters. The number of hydrogen-bond donors (Lipinski definition) is 3. The fourth-order valence-electron chi connectivity index (χ4n) is 1.36. The Morgan fingerprint density at radius 3 is 2.75 bits per heavy atom. The highest BCUT2D eigenvalue weighted by atomic mass is 16.5. The van der Waals surface area contributed by atoms with Crippen molar-refractivity contribution in [2.24, 2.45) is 5.73 Å². The standard InChI is InChI=1S/C13H19N3O4/c1-19-5-6-20-11-4-2-3-10(7-11)16-13(18)9-15-12(17)8-14/h2-4,7H,5-6,8-9,14H2,1H3,(H,15,17)(H,16,18). The largest absolute Gasteiger partial charge is 0.491 e. The van der Waals surface area contributed by atoms with Crippen LogP contribution in [0, 0.1) is 0 Å². The summed E-state index contributed by atoms with van der Waals surface area (Å²) in [5, 5.41) is 5.03. The lowest BCUT2D eigenvalue weighted by molar-refractivity contribution is -0.123. The summed E-state index contributed by atoms with van der Waals surface area (Å²) in [5.41, 5.74) is 5.71. The Kier molecular flexibility index (Phi) is 7.08. The van der Waals surface area contributed by atoms with Crippen LogP contribution in [-0.2, 0) is 14.3 Å². The second kappa shape index (κ2) is 8.89. The maximum absolute atomic E-state index is 11.6. The van der Waals surface area contributed by atoms with E-state index in [2.05, 4.69) is 10.6 Å². The molecule has 0 aliphatic carbocycles. The normalized spacial score (nSPS) is 9.90. The van der Waals surface area contributed by atoms with Gasteiger partial charge in [0.05, 0.1) is 19.7 Å². The number of carbonyl (C=O) groups excluding carboxylic acids is 2. The number of nitrogens with two attached hydrogens (primary N) is 1. The first-order valence-electron chi connectivity index (χ1n) is 6.14. The van der Waals surface area contributed by atoms with Crippen LogP contribution >= 0.6 is 0 Å². The monoisotopic (exact) mass is 281 g/mol. The summed E-state index contributed by atoms with van der Waals surface area (Å²) in [5.74, 6) is -0.0801. The molecule has 7 heteroatoms. The van der Waals surface area contributed by atoms with Gasteiger partial charge in [-0.1, -0.05) is 6.07 Å². The van der Waals surface area contributed by atoms with Gasteiger partial charge in [0, 0.05) is 18.9 Å². The second-order valence-electron chi connectivity index (χ2n) is 3.90. The molecule has 0 spiro atoms. The first-order chi connectivity index (χ1) is 9.65. The molecule has 7 nitrogen and oxygen atoms in total. The fourth-order valence-corrected chi connectivity index (χ4v) is 1.36. The molecule has 0 aliphatic heterocycles. The summed E-state index contributed by atoms with van der Waals surface area (Å²) in [4.78, 5) is 22.5. The van der Waals surface area contributed by atoms with Crippen LogP contribution in [0.25, 0.3) is 0 Å². The van der Waals surface area contributed by atoms with Gasteiger partial charge in [-0.2, -0.15) is 0 Å².